The molecule has 0 spiro atoms. The molecule has 0 amide bonds. The highest BCUT2D eigenvalue weighted by atomic mass is 127. The number of nitrogens with one attached hydrogen (secondary N) is 2. The van der Waals surface area contributed by atoms with Crippen LogP contribution in [0.2, 0.25) is 0 Å². The Balaban J connectivity index is 0.00000441. The Morgan fingerprint density at radius 1 is 1.18 bits per heavy atom. The van der Waals surface area contributed by atoms with E-state index in [9.17, 15) is 0 Å². The van der Waals surface area contributed by atoms with Gasteiger partial charge in [-0.3, -0.25) is 4.99 Å². The van der Waals surface area contributed by atoms with Crippen molar-refractivity contribution >= 4 is 29.9 Å². The minimum Gasteiger partial charge on any atom is -0.356 e. The maximum atomic E-state index is 4.26. The summed E-state index contributed by atoms with van der Waals surface area (Å²) < 4.78 is 0. The minimum absolute atomic E-state index is 0. The highest BCUT2D eigenvalue weighted by Gasteiger charge is 2.06. The molecule has 22 heavy (non-hydrogen) atoms. The fourth-order valence-electron chi connectivity index (χ4n) is 2.07. The molecular formula is C17H31IN4. The summed E-state index contributed by atoms with van der Waals surface area (Å²) >= 11 is 0. The van der Waals surface area contributed by atoms with Gasteiger partial charge in [0.25, 0.3) is 0 Å². The molecule has 0 saturated carbocycles. The highest BCUT2D eigenvalue weighted by molar-refractivity contribution is 14.0. The van der Waals surface area contributed by atoms with Gasteiger partial charge in [0.15, 0.2) is 5.96 Å². The quantitative estimate of drug-likeness (QED) is 0.388. The van der Waals surface area contributed by atoms with Gasteiger partial charge < -0.3 is 15.5 Å². The van der Waals surface area contributed by atoms with E-state index in [4.69, 9.17) is 0 Å². The Morgan fingerprint density at radius 2 is 1.82 bits per heavy atom. The maximum Gasteiger partial charge on any atom is 0.191 e. The zero-order valence-electron chi connectivity index (χ0n) is 14.3. The molecule has 5 heteroatoms. The van der Waals surface area contributed by atoms with Crippen LogP contribution in [0.1, 0.15) is 25.8 Å². The van der Waals surface area contributed by atoms with Crippen molar-refractivity contribution in [3.05, 3.63) is 35.9 Å². The zero-order valence-corrected chi connectivity index (χ0v) is 16.6. The maximum absolute atomic E-state index is 4.26. The van der Waals surface area contributed by atoms with Crippen LogP contribution >= 0.6 is 24.0 Å². The number of hydrogen-bond acceptors (Lipinski definition) is 2. The van der Waals surface area contributed by atoms with Gasteiger partial charge >= 0.3 is 0 Å². The summed E-state index contributed by atoms with van der Waals surface area (Å²) in [6.07, 6.45) is 2.19. The van der Waals surface area contributed by atoms with Crippen molar-refractivity contribution in [3.63, 3.8) is 0 Å². The summed E-state index contributed by atoms with van der Waals surface area (Å²) in [7, 11) is 3.98. The largest absolute Gasteiger partial charge is 0.356 e. The molecule has 0 aliphatic heterocycles. The molecule has 126 valence electrons. The Kier molecular flexibility index (Phi) is 12.2. The van der Waals surface area contributed by atoms with Crippen molar-refractivity contribution < 1.29 is 0 Å². The van der Waals surface area contributed by atoms with Gasteiger partial charge in [-0.05, 0) is 32.4 Å². The first-order valence-electron chi connectivity index (χ1n) is 7.86. The summed E-state index contributed by atoms with van der Waals surface area (Å²) in [5.41, 5.74) is 1.34. The zero-order chi connectivity index (χ0) is 15.5. The van der Waals surface area contributed by atoms with Gasteiger partial charge in [0.05, 0.1) is 0 Å². The number of hydrogen-bond donors (Lipinski definition) is 2. The lowest BCUT2D eigenvalue weighted by atomic mass is 10.1. The number of guanidine groups is 1. The number of halogens is 1. The predicted molar refractivity (Wildman–Crippen MR) is 107 cm³/mol. The first-order chi connectivity index (χ1) is 10.2. The van der Waals surface area contributed by atoms with Crippen LogP contribution in [-0.2, 0) is 6.42 Å². The van der Waals surface area contributed by atoms with E-state index in [1.54, 1.807) is 0 Å². The van der Waals surface area contributed by atoms with Crippen LogP contribution in [0, 0.1) is 0 Å². The van der Waals surface area contributed by atoms with Crippen molar-refractivity contribution in [2.75, 3.05) is 33.7 Å². The molecule has 0 bridgehead atoms. The molecule has 0 fully saturated rings. The smallest absolute Gasteiger partial charge is 0.191 e. The summed E-state index contributed by atoms with van der Waals surface area (Å²) in [6, 6.07) is 11.1. The second-order valence-corrected chi connectivity index (χ2v) is 5.40. The van der Waals surface area contributed by atoms with Crippen LogP contribution in [0.4, 0.5) is 0 Å². The van der Waals surface area contributed by atoms with Gasteiger partial charge in [-0.2, -0.15) is 0 Å². The third-order valence-electron chi connectivity index (χ3n) is 3.87. The lowest BCUT2D eigenvalue weighted by molar-refractivity contribution is 0.255. The molecule has 0 heterocycles. The van der Waals surface area contributed by atoms with Crippen molar-refractivity contribution in [1.29, 1.82) is 0 Å². The molecule has 4 nitrogen and oxygen atoms in total. The van der Waals surface area contributed by atoms with E-state index < -0.39 is 0 Å². The lowest BCUT2D eigenvalue weighted by Gasteiger charge is -2.24. The average molecular weight is 418 g/mol. The number of nitrogens with zero attached hydrogens (tertiary/aromatic N) is 2. The average Bonchev–Trinajstić information content (AvgIpc) is 2.53. The van der Waals surface area contributed by atoms with Crippen LogP contribution in [-0.4, -0.2) is 50.6 Å². The van der Waals surface area contributed by atoms with Crippen molar-refractivity contribution in [2.24, 2.45) is 4.99 Å². The van der Waals surface area contributed by atoms with E-state index >= 15 is 0 Å². The molecule has 0 aliphatic rings. The molecule has 1 aromatic rings. The second-order valence-electron chi connectivity index (χ2n) is 5.40. The molecule has 1 rings (SSSR count). The summed E-state index contributed by atoms with van der Waals surface area (Å²) in [5.74, 6) is 0.878. The van der Waals surface area contributed by atoms with E-state index in [-0.39, 0.29) is 24.0 Å². The fraction of sp³-hybridized carbons (Fsp3) is 0.588. The Labute approximate surface area is 152 Å². The van der Waals surface area contributed by atoms with Crippen molar-refractivity contribution in [3.8, 4) is 0 Å². The second kappa shape index (κ2) is 12.7. The van der Waals surface area contributed by atoms with Gasteiger partial charge in [-0.15, -0.1) is 24.0 Å². The van der Waals surface area contributed by atoms with Gasteiger partial charge in [-0.25, -0.2) is 0 Å². The molecule has 0 saturated heterocycles. The molecule has 2 N–H and O–H groups in total. The number of rotatable bonds is 8. The number of likely N-dealkylation sites (N-methyl/N-ethyl adjacent to an activating group) is 1. The lowest BCUT2D eigenvalue weighted by Crippen LogP contribution is -2.42. The van der Waals surface area contributed by atoms with Crippen LogP contribution in [0.5, 0.6) is 0 Å². The Hall–Kier alpha value is -0.820. The van der Waals surface area contributed by atoms with E-state index in [0.29, 0.717) is 6.04 Å². The standard InChI is InChI=1S/C17H30N4.HI/c1-5-15(2)21(4)14-13-20-17(18-3)19-12-11-16-9-7-6-8-10-16;/h6-10,15H,5,11-14H2,1-4H3,(H2,18,19,20);1H. The molecular weight excluding hydrogens is 387 g/mol. The Morgan fingerprint density at radius 3 is 2.41 bits per heavy atom. The monoisotopic (exact) mass is 418 g/mol. The molecule has 0 radical (unpaired) electrons. The number of benzene rings is 1. The molecule has 1 atom stereocenters. The van der Waals surface area contributed by atoms with Crippen molar-refractivity contribution in [2.45, 2.75) is 32.7 Å². The van der Waals surface area contributed by atoms with E-state index in [0.717, 1.165) is 32.0 Å². The predicted octanol–water partition coefficient (Wildman–Crippen LogP) is 2.74. The SMILES string of the molecule is CCC(C)N(C)CCNC(=NC)NCCc1ccccc1.I. The van der Waals surface area contributed by atoms with Gasteiger partial charge in [-0.1, -0.05) is 37.3 Å². The van der Waals surface area contributed by atoms with Gasteiger partial charge in [0, 0.05) is 32.7 Å². The van der Waals surface area contributed by atoms with Crippen LogP contribution in [0.3, 0.4) is 0 Å². The number of aliphatic imine (C=N–C) groups is 1. The first kappa shape index (κ1) is 21.2. The van der Waals surface area contributed by atoms with Crippen LogP contribution in [0.25, 0.3) is 0 Å². The summed E-state index contributed by atoms with van der Waals surface area (Å²) in [4.78, 5) is 6.62. The third-order valence-corrected chi connectivity index (χ3v) is 3.87. The highest BCUT2D eigenvalue weighted by Crippen LogP contribution is 1.99. The van der Waals surface area contributed by atoms with E-state index in [1.165, 1.54) is 12.0 Å². The third kappa shape index (κ3) is 8.58. The Bertz CT molecular complexity index is 408. The van der Waals surface area contributed by atoms with Crippen LogP contribution < -0.4 is 10.6 Å². The summed E-state index contributed by atoms with van der Waals surface area (Å²) in [6.45, 7) is 7.30. The van der Waals surface area contributed by atoms with Crippen molar-refractivity contribution in [1.82, 2.24) is 15.5 Å². The topological polar surface area (TPSA) is 39.7 Å². The van der Waals surface area contributed by atoms with E-state index in [2.05, 4.69) is 65.7 Å². The normalized spacial score (nSPS) is 12.7. The molecule has 0 aromatic heterocycles. The van der Waals surface area contributed by atoms with Gasteiger partial charge in [0.1, 0.15) is 0 Å². The van der Waals surface area contributed by atoms with E-state index in [1.807, 2.05) is 13.1 Å². The first-order valence-corrected chi connectivity index (χ1v) is 7.86. The molecule has 1 unspecified atom stereocenters. The minimum atomic E-state index is 0. The van der Waals surface area contributed by atoms with Crippen LogP contribution in [0.15, 0.2) is 35.3 Å². The van der Waals surface area contributed by atoms with Gasteiger partial charge in [0.2, 0.25) is 0 Å². The molecule has 1 aromatic carbocycles. The molecule has 0 aliphatic carbocycles. The fourth-order valence-corrected chi connectivity index (χ4v) is 2.07. The summed E-state index contributed by atoms with van der Waals surface area (Å²) in [5, 5.41) is 6.72.